The summed E-state index contributed by atoms with van der Waals surface area (Å²) < 4.78 is 5.21. The molecule has 556 valence electrons. The number of carbonyl (C=O) groups excluding carboxylic acids is 3. The summed E-state index contributed by atoms with van der Waals surface area (Å²) in [6.45, 7) is 22.7. The van der Waals surface area contributed by atoms with E-state index in [9.17, 15) is 14.4 Å². The summed E-state index contributed by atoms with van der Waals surface area (Å²) >= 11 is 56.4. The lowest BCUT2D eigenvalue weighted by molar-refractivity contribution is 0.0732. The van der Waals surface area contributed by atoms with Crippen LogP contribution in [0.25, 0.3) is 52.0 Å². The average Bonchev–Trinajstić information content (AvgIpc) is 1.57. The molecule has 12 nitrogen and oxygen atoms in total. The monoisotopic (exact) mass is 1610 g/mol. The first kappa shape index (κ1) is 80.4. The van der Waals surface area contributed by atoms with Crippen molar-refractivity contribution in [3.63, 3.8) is 0 Å². The largest absolute Gasteiger partial charge is 0.348 e. The topological polar surface area (TPSA) is 141 Å². The molecule has 0 aliphatic heterocycles. The molecule has 3 saturated carbocycles. The van der Waals surface area contributed by atoms with E-state index < -0.39 is 0 Å². The van der Waals surface area contributed by atoms with E-state index in [-0.39, 0.29) is 46.7 Å². The van der Waals surface area contributed by atoms with E-state index >= 15 is 0 Å². The van der Waals surface area contributed by atoms with Crippen molar-refractivity contribution in [1.29, 1.82) is 0 Å². The number of hydrogen-bond acceptors (Lipinski definition) is 6. The third-order valence-electron chi connectivity index (χ3n) is 21.2. The highest BCUT2D eigenvalue weighted by Gasteiger charge is 2.60. The Balaban J connectivity index is 0.000000160. The second-order valence-electron chi connectivity index (χ2n) is 29.2. The molecular weight excluding hydrogens is 1530 g/mol. The predicted octanol–water partition coefficient (Wildman–Crippen LogP) is 25.2. The molecule has 3 heterocycles. The highest BCUT2D eigenvalue weighted by molar-refractivity contribution is 6.37. The van der Waals surface area contributed by atoms with Crippen LogP contribution in [0.15, 0.2) is 158 Å². The molecule has 13 rings (SSSR count). The predicted molar refractivity (Wildman–Crippen MR) is 446 cm³/mol. The van der Waals surface area contributed by atoms with Gasteiger partial charge in [0.2, 0.25) is 0 Å². The van der Waals surface area contributed by atoms with Gasteiger partial charge in [-0.15, -0.1) is 0 Å². The van der Waals surface area contributed by atoms with Gasteiger partial charge >= 0.3 is 0 Å². The molecule has 0 spiro atoms. The normalized spacial score (nSPS) is 17.7. The zero-order chi connectivity index (χ0) is 76.9. The quantitative estimate of drug-likeness (QED) is 0.0829. The fourth-order valence-corrected chi connectivity index (χ4v) is 17.5. The van der Waals surface area contributed by atoms with Crippen LogP contribution in [0.4, 0.5) is 0 Å². The van der Waals surface area contributed by atoms with E-state index in [0.29, 0.717) is 91.2 Å². The molecule has 2 bridgehead atoms. The zero-order valence-corrected chi connectivity index (χ0v) is 68.4. The number of fused-ring (bicyclic) bond motifs is 2. The molecule has 5 atom stereocenters. The van der Waals surface area contributed by atoms with Gasteiger partial charge in [0.1, 0.15) is 0 Å². The number of hydrogen-bond donors (Lipinski definition) is 3. The minimum absolute atomic E-state index is 0.0475. The summed E-state index contributed by atoms with van der Waals surface area (Å²) in [5, 5.41) is 29.0. The number of aromatic nitrogens is 6. The molecule has 3 fully saturated rings. The summed E-state index contributed by atoms with van der Waals surface area (Å²) in [5.74, 6) is 0.572. The van der Waals surface area contributed by atoms with Gasteiger partial charge in [0.25, 0.3) is 17.7 Å². The van der Waals surface area contributed by atoms with Gasteiger partial charge in [-0.3, -0.25) is 14.4 Å². The number of amides is 3. The van der Waals surface area contributed by atoms with Crippen molar-refractivity contribution in [2.75, 3.05) is 0 Å². The van der Waals surface area contributed by atoms with Crippen LogP contribution >= 0.6 is 104 Å². The number of benzene rings is 7. The standard InChI is InChI=1S/C30H32Cl3N3O.C28H30Cl3N3O.C28H24Cl3N3O/c1-17(14-19-6-8-21(31)9-7-19)26-18(2)25(35-36(26)24-11-10-22(32)15-23(24)33)27(37)34-28-29(3,4)20-12-13-30(28,5)16-20;2*1-17(15-20-9-11-22(29)12-10-20)27-18(2)26(28(35)32-19(3)21-7-5-4-6-8-21)33-34(27)25-14-13-23(30)16-24(25)31/h6-11,14-15,20,28H,12-13,16H2,1-5H3,(H,34,37);9-16,19,21H,4-8H2,1-3H3,(H,32,35);4-16,19H,1-3H3,(H,32,35)/b17-14+;2*17-15+/t20-,28+,30+;2*19-/m100/s1. The third-order valence-corrected chi connectivity index (χ3v) is 23.6. The van der Waals surface area contributed by atoms with Gasteiger partial charge < -0.3 is 16.0 Å². The van der Waals surface area contributed by atoms with Gasteiger partial charge in [-0.1, -0.05) is 211 Å². The van der Waals surface area contributed by atoms with Crippen molar-refractivity contribution in [2.45, 2.75) is 146 Å². The molecule has 3 aromatic heterocycles. The molecule has 3 amide bonds. The molecule has 3 N–H and O–H groups in total. The second-order valence-corrected chi connectivity index (χ2v) is 33.1. The van der Waals surface area contributed by atoms with Gasteiger partial charge in [0.05, 0.1) is 55.3 Å². The van der Waals surface area contributed by atoms with Crippen LogP contribution in [0.5, 0.6) is 0 Å². The van der Waals surface area contributed by atoms with E-state index in [4.69, 9.17) is 120 Å². The van der Waals surface area contributed by atoms with Crippen molar-refractivity contribution in [3.05, 3.63) is 276 Å². The summed E-state index contributed by atoms with van der Waals surface area (Å²) in [7, 11) is 0. The Hall–Kier alpha value is -7.59. The van der Waals surface area contributed by atoms with Crippen LogP contribution in [0, 0.1) is 43.4 Å². The lowest BCUT2D eigenvalue weighted by Gasteiger charge is -2.43. The van der Waals surface area contributed by atoms with E-state index in [1.807, 2.05) is 176 Å². The van der Waals surface area contributed by atoms with Crippen LogP contribution in [-0.2, 0) is 0 Å². The molecule has 107 heavy (non-hydrogen) atoms. The fourth-order valence-electron chi connectivity index (χ4n) is 15.6. The fraction of sp³-hybridized carbons (Fsp3) is 0.302. The van der Waals surface area contributed by atoms with Gasteiger partial charge in [-0.2, -0.15) is 15.3 Å². The summed E-state index contributed by atoms with van der Waals surface area (Å²) in [6.07, 6.45) is 15.7. The average molecular weight is 1610 g/mol. The molecule has 0 radical (unpaired) electrons. The smallest absolute Gasteiger partial charge is 0.272 e. The molecule has 3 aliphatic carbocycles. The highest BCUT2D eigenvalue weighted by atomic mass is 35.5. The molecule has 0 unspecified atom stereocenters. The third kappa shape index (κ3) is 18.5. The van der Waals surface area contributed by atoms with Crippen molar-refractivity contribution in [3.8, 4) is 17.1 Å². The lowest BCUT2D eigenvalue weighted by atomic mass is 9.68. The molecule has 3 aliphatic rings. The van der Waals surface area contributed by atoms with Gasteiger partial charge in [0.15, 0.2) is 17.1 Å². The van der Waals surface area contributed by atoms with E-state index in [1.165, 1.54) is 25.7 Å². The summed E-state index contributed by atoms with van der Waals surface area (Å²) in [5.41, 5.74) is 14.8. The van der Waals surface area contributed by atoms with E-state index in [2.05, 4.69) is 49.7 Å². The molecule has 0 saturated heterocycles. The number of nitrogens with one attached hydrogen (secondary N) is 3. The zero-order valence-electron chi connectivity index (χ0n) is 61.6. The van der Waals surface area contributed by atoms with Crippen molar-refractivity contribution < 1.29 is 14.4 Å². The Bertz CT molecular complexity index is 5030. The highest BCUT2D eigenvalue weighted by Crippen LogP contribution is 2.62. The van der Waals surface area contributed by atoms with Gasteiger partial charge in [-0.05, 0) is 258 Å². The Morgan fingerprint density at radius 3 is 1.17 bits per heavy atom. The van der Waals surface area contributed by atoms with E-state index in [1.54, 1.807) is 56.5 Å². The molecular formula is C86H86Cl9N9O3. The number of nitrogens with zero attached hydrogens (tertiary/aromatic N) is 6. The minimum atomic E-state index is -0.261. The number of allylic oxidation sites excluding steroid dienone is 3. The summed E-state index contributed by atoms with van der Waals surface area (Å²) in [6, 6.07) is 48.4. The van der Waals surface area contributed by atoms with E-state index in [0.717, 1.165) is 98.4 Å². The Labute approximate surface area is 672 Å². The van der Waals surface area contributed by atoms with Crippen molar-refractivity contribution in [2.24, 2.45) is 22.7 Å². The first-order valence-corrected chi connectivity index (χ1v) is 39.2. The number of halogens is 9. The van der Waals surface area contributed by atoms with Crippen LogP contribution in [0.1, 0.15) is 200 Å². The second kappa shape index (κ2) is 34.5. The first-order valence-electron chi connectivity index (χ1n) is 35.8. The SMILES string of the molecule is C/C(=C\c1ccc(Cl)cc1)c1c(C)c(C(=O)N[C@@H](C)C2CCCCC2)nn1-c1ccc(Cl)cc1Cl.C/C(=C\c1ccc(Cl)cc1)c1c(C)c(C(=O)N[C@@H](C)c2ccccc2)nn1-c1ccc(Cl)cc1Cl.C/C(=C\c1ccc(Cl)cc1)c1c(C)c(C(=O)N[C@H]2C(C)(C)[C@@H]3CC[C@@]2(C)C3)nn1-c1ccc(Cl)cc1Cl. The Morgan fingerprint density at radius 1 is 0.458 bits per heavy atom. The number of rotatable bonds is 17. The molecule has 21 heteroatoms. The maximum atomic E-state index is 13.8. The van der Waals surface area contributed by atoms with Crippen LogP contribution in [0.3, 0.4) is 0 Å². The van der Waals surface area contributed by atoms with Crippen molar-refractivity contribution >= 4 is 157 Å². The molecule has 7 aromatic carbocycles. The maximum Gasteiger partial charge on any atom is 0.272 e. The van der Waals surface area contributed by atoms with Gasteiger partial charge in [-0.25, -0.2) is 14.0 Å². The lowest BCUT2D eigenvalue weighted by Crippen LogP contribution is -2.52. The van der Waals surface area contributed by atoms with Crippen LogP contribution < -0.4 is 16.0 Å². The number of carbonyl (C=O) groups is 3. The van der Waals surface area contributed by atoms with Crippen LogP contribution in [0.2, 0.25) is 45.2 Å². The van der Waals surface area contributed by atoms with Gasteiger partial charge in [0, 0.05) is 58.9 Å². The Morgan fingerprint density at radius 2 is 0.813 bits per heavy atom. The maximum absolute atomic E-state index is 13.8. The molecule has 10 aromatic rings. The van der Waals surface area contributed by atoms with Crippen molar-refractivity contribution in [1.82, 2.24) is 45.3 Å². The van der Waals surface area contributed by atoms with Crippen LogP contribution in [-0.4, -0.2) is 59.1 Å². The first-order chi connectivity index (χ1) is 50.9. The summed E-state index contributed by atoms with van der Waals surface area (Å²) in [4.78, 5) is 40.5. The minimum Gasteiger partial charge on any atom is -0.348 e. The Kier molecular flexibility index (Phi) is 26.0.